The predicted octanol–water partition coefficient (Wildman–Crippen LogP) is 3.91. The molecule has 1 aromatic carbocycles. The average molecular weight is 372 g/mol. The number of ether oxygens (including phenoxy) is 1. The monoisotopic (exact) mass is 372 g/mol. The summed E-state index contributed by atoms with van der Waals surface area (Å²) in [5.74, 6) is 0.964. The number of carbonyl (C=O) groups is 2. The largest absolute Gasteiger partial charge is 0.494 e. The molecule has 1 saturated carbocycles. The topological polar surface area (TPSA) is 67.4 Å². The maximum atomic E-state index is 12.3. The summed E-state index contributed by atoms with van der Waals surface area (Å²) in [5.41, 5.74) is 2.04. The van der Waals surface area contributed by atoms with E-state index in [1.54, 1.807) is 0 Å². The molecular weight excluding hydrogens is 348 g/mol. The van der Waals surface area contributed by atoms with Crippen molar-refractivity contribution in [3.05, 3.63) is 46.3 Å². The fraction of sp³-hybridized carbons (Fsp3) is 0.400. The highest BCUT2D eigenvalue weighted by Crippen LogP contribution is 2.32. The van der Waals surface area contributed by atoms with Crippen LogP contribution in [0, 0.1) is 19.8 Å². The van der Waals surface area contributed by atoms with Crippen LogP contribution < -0.4 is 15.4 Å². The van der Waals surface area contributed by atoms with Gasteiger partial charge in [-0.3, -0.25) is 9.59 Å². The number of rotatable bonds is 8. The average Bonchev–Trinajstić information content (AvgIpc) is 3.38. The van der Waals surface area contributed by atoms with Gasteiger partial charge in [0.15, 0.2) is 0 Å². The first-order valence-corrected chi connectivity index (χ1v) is 9.73. The quantitative estimate of drug-likeness (QED) is 0.690. The zero-order chi connectivity index (χ0) is 18.5. The number of thiophene rings is 1. The lowest BCUT2D eigenvalue weighted by Gasteiger charge is -2.08. The Kier molecular flexibility index (Phi) is 5.93. The number of aryl methyl sites for hydroxylation is 2. The maximum absolute atomic E-state index is 12.3. The zero-order valence-corrected chi connectivity index (χ0v) is 15.9. The summed E-state index contributed by atoms with van der Waals surface area (Å²) in [5, 5.41) is 6.56. The number of anilines is 1. The third kappa shape index (κ3) is 5.08. The summed E-state index contributed by atoms with van der Waals surface area (Å²) in [6.45, 7) is 5.01. The number of nitrogens with one attached hydrogen (secondary N) is 2. The van der Waals surface area contributed by atoms with E-state index in [2.05, 4.69) is 10.6 Å². The third-order valence-electron chi connectivity index (χ3n) is 4.18. The predicted molar refractivity (Wildman–Crippen MR) is 104 cm³/mol. The van der Waals surface area contributed by atoms with Crippen LogP contribution in [0.1, 0.15) is 40.1 Å². The van der Waals surface area contributed by atoms with Gasteiger partial charge in [0.2, 0.25) is 5.91 Å². The minimum atomic E-state index is -0.102. The van der Waals surface area contributed by atoms with Crippen molar-refractivity contribution in [1.82, 2.24) is 5.32 Å². The Morgan fingerprint density at radius 3 is 2.77 bits per heavy atom. The van der Waals surface area contributed by atoms with E-state index in [4.69, 9.17) is 4.74 Å². The van der Waals surface area contributed by atoms with Crippen LogP contribution in [0.3, 0.4) is 0 Å². The maximum Gasteiger partial charge on any atom is 0.261 e. The molecule has 0 radical (unpaired) electrons. The molecule has 0 aliphatic heterocycles. The molecule has 1 heterocycles. The van der Waals surface area contributed by atoms with Crippen LogP contribution in [-0.2, 0) is 4.79 Å². The fourth-order valence-corrected chi connectivity index (χ4v) is 3.58. The van der Waals surface area contributed by atoms with Crippen LogP contribution >= 0.6 is 11.3 Å². The lowest BCUT2D eigenvalue weighted by molar-refractivity contribution is -0.117. The Morgan fingerprint density at radius 1 is 1.23 bits per heavy atom. The van der Waals surface area contributed by atoms with Crippen LogP contribution in [0.2, 0.25) is 0 Å². The summed E-state index contributed by atoms with van der Waals surface area (Å²) in [6.07, 6.45) is 2.66. The first-order valence-electron chi connectivity index (χ1n) is 8.92. The van der Waals surface area contributed by atoms with E-state index in [1.165, 1.54) is 11.3 Å². The number of amides is 2. The standard InChI is InChI=1S/C20H24N2O3S/c1-13-5-3-6-16(11-13)25-10-4-9-21-20(24)18-14(2)12-17(26-18)22-19(23)15-7-8-15/h3,5-6,11-12,15H,4,7-10H2,1-2H3,(H,21,24)(H,22,23). The molecule has 2 N–H and O–H groups in total. The molecule has 0 spiro atoms. The first kappa shape index (κ1) is 18.5. The lowest BCUT2D eigenvalue weighted by Crippen LogP contribution is -2.25. The summed E-state index contributed by atoms with van der Waals surface area (Å²) >= 11 is 1.33. The smallest absolute Gasteiger partial charge is 0.261 e. The SMILES string of the molecule is Cc1cccc(OCCCNC(=O)c2sc(NC(=O)C3CC3)cc2C)c1. The van der Waals surface area contributed by atoms with Crippen molar-refractivity contribution in [1.29, 1.82) is 0 Å². The van der Waals surface area contributed by atoms with Gasteiger partial charge in [-0.25, -0.2) is 0 Å². The second kappa shape index (κ2) is 8.36. The molecule has 1 aromatic heterocycles. The van der Waals surface area contributed by atoms with Gasteiger partial charge in [-0.15, -0.1) is 11.3 Å². The lowest BCUT2D eigenvalue weighted by atomic mass is 10.2. The van der Waals surface area contributed by atoms with Gasteiger partial charge in [0.05, 0.1) is 16.5 Å². The Hall–Kier alpha value is -2.34. The van der Waals surface area contributed by atoms with Gasteiger partial charge in [0.1, 0.15) is 5.75 Å². The van der Waals surface area contributed by atoms with E-state index in [-0.39, 0.29) is 17.7 Å². The normalized spacial score (nSPS) is 13.3. The Bertz CT molecular complexity index is 796. The molecule has 1 aliphatic carbocycles. The van der Waals surface area contributed by atoms with E-state index in [1.807, 2.05) is 44.2 Å². The third-order valence-corrected chi connectivity index (χ3v) is 5.33. The number of hydrogen-bond acceptors (Lipinski definition) is 4. The van der Waals surface area contributed by atoms with Crippen molar-refractivity contribution in [2.75, 3.05) is 18.5 Å². The molecule has 5 nitrogen and oxygen atoms in total. The van der Waals surface area contributed by atoms with E-state index >= 15 is 0 Å². The van der Waals surface area contributed by atoms with Crippen LogP contribution in [0.4, 0.5) is 5.00 Å². The van der Waals surface area contributed by atoms with Crippen LogP contribution in [0.25, 0.3) is 0 Å². The highest BCUT2D eigenvalue weighted by Gasteiger charge is 2.30. The molecule has 0 atom stereocenters. The van der Waals surface area contributed by atoms with Gasteiger partial charge < -0.3 is 15.4 Å². The Morgan fingerprint density at radius 2 is 2.04 bits per heavy atom. The van der Waals surface area contributed by atoms with E-state index in [0.29, 0.717) is 18.0 Å². The van der Waals surface area contributed by atoms with Crippen LogP contribution in [0.5, 0.6) is 5.75 Å². The van der Waals surface area contributed by atoms with Crippen LogP contribution in [-0.4, -0.2) is 25.0 Å². The van der Waals surface area contributed by atoms with Gasteiger partial charge in [-0.2, -0.15) is 0 Å². The molecule has 2 aromatic rings. The molecule has 1 fully saturated rings. The number of benzene rings is 1. The van der Waals surface area contributed by atoms with Crippen molar-refractivity contribution >= 4 is 28.2 Å². The minimum absolute atomic E-state index is 0.0616. The molecule has 0 saturated heterocycles. The second-order valence-corrected chi connectivity index (χ2v) is 7.71. The van der Waals surface area contributed by atoms with Gasteiger partial charge in [0, 0.05) is 12.5 Å². The van der Waals surface area contributed by atoms with Gasteiger partial charge >= 0.3 is 0 Å². The molecule has 3 rings (SSSR count). The molecule has 6 heteroatoms. The van der Waals surface area contributed by atoms with Crippen molar-refractivity contribution in [3.8, 4) is 5.75 Å². The summed E-state index contributed by atoms with van der Waals surface area (Å²) < 4.78 is 5.68. The van der Waals surface area contributed by atoms with Crippen molar-refractivity contribution in [2.45, 2.75) is 33.1 Å². The molecule has 0 bridgehead atoms. The molecule has 2 amide bonds. The van der Waals surface area contributed by atoms with E-state index in [9.17, 15) is 9.59 Å². The summed E-state index contributed by atoms with van der Waals surface area (Å²) in [6, 6.07) is 9.77. The minimum Gasteiger partial charge on any atom is -0.494 e. The molecule has 138 valence electrons. The van der Waals surface area contributed by atoms with Gasteiger partial charge in [-0.05, 0) is 62.4 Å². The molecule has 26 heavy (non-hydrogen) atoms. The fourth-order valence-electron chi connectivity index (χ4n) is 2.59. The van der Waals surface area contributed by atoms with Crippen molar-refractivity contribution in [2.24, 2.45) is 5.92 Å². The van der Waals surface area contributed by atoms with Crippen molar-refractivity contribution < 1.29 is 14.3 Å². The number of carbonyl (C=O) groups excluding carboxylic acids is 2. The van der Waals surface area contributed by atoms with E-state index in [0.717, 1.165) is 41.1 Å². The summed E-state index contributed by atoms with van der Waals surface area (Å²) in [4.78, 5) is 24.8. The Balaban J connectivity index is 1.41. The van der Waals surface area contributed by atoms with E-state index < -0.39 is 0 Å². The molecule has 1 aliphatic rings. The molecular formula is C20H24N2O3S. The summed E-state index contributed by atoms with van der Waals surface area (Å²) in [7, 11) is 0. The first-order chi connectivity index (χ1) is 12.5. The highest BCUT2D eigenvalue weighted by atomic mass is 32.1. The Labute approximate surface area is 157 Å². The van der Waals surface area contributed by atoms with Crippen molar-refractivity contribution in [3.63, 3.8) is 0 Å². The molecule has 0 unspecified atom stereocenters. The second-order valence-electron chi connectivity index (χ2n) is 6.66. The zero-order valence-electron chi connectivity index (χ0n) is 15.1. The van der Waals surface area contributed by atoms with Crippen LogP contribution in [0.15, 0.2) is 30.3 Å². The highest BCUT2D eigenvalue weighted by molar-refractivity contribution is 7.18. The number of hydrogen-bond donors (Lipinski definition) is 2. The van der Waals surface area contributed by atoms with Gasteiger partial charge in [-0.1, -0.05) is 12.1 Å². The van der Waals surface area contributed by atoms with Gasteiger partial charge in [0.25, 0.3) is 5.91 Å².